The summed E-state index contributed by atoms with van der Waals surface area (Å²) in [7, 11) is 3.14. The topological polar surface area (TPSA) is 82.3 Å². The van der Waals surface area contributed by atoms with Crippen LogP contribution < -0.4 is 15.8 Å². The van der Waals surface area contributed by atoms with Crippen molar-refractivity contribution in [2.75, 3.05) is 25.3 Å². The Morgan fingerprint density at radius 2 is 2.05 bits per heavy atom. The van der Waals surface area contributed by atoms with E-state index in [9.17, 15) is 0 Å². The number of ether oxygens (including phenoxy) is 2. The van der Waals surface area contributed by atoms with Crippen molar-refractivity contribution in [3.05, 3.63) is 35.1 Å². The number of methoxy groups -OCH3 is 2. The summed E-state index contributed by atoms with van der Waals surface area (Å²) in [5.74, 6) is 2.06. The Labute approximate surface area is 121 Å². The number of benzene rings is 1. The third kappa shape index (κ3) is 3.49. The molecule has 0 bridgehead atoms. The fourth-order valence-corrected chi connectivity index (χ4v) is 1.93. The molecular weight excluding hydrogens is 280 g/mol. The first kappa shape index (κ1) is 14.4. The Morgan fingerprint density at radius 3 is 2.70 bits per heavy atom. The van der Waals surface area contributed by atoms with Gasteiger partial charge in [0.1, 0.15) is 24.0 Å². The molecule has 0 spiro atoms. The minimum atomic E-state index is 0.295. The summed E-state index contributed by atoms with van der Waals surface area (Å²) in [6.07, 6.45) is 0. The van der Waals surface area contributed by atoms with Gasteiger partial charge in [-0.25, -0.2) is 9.97 Å². The van der Waals surface area contributed by atoms with E-state index in [1.807, 2.05) is 6.07 Å². The minimum Gasteiger partial charge on any atom is -0.495 e. The summed E-state index contributed by atoms with van der Waals surface area (Å²) in [6.45, 7) is 0.295. The van der Waals surface area contributed by atoms with Gasteiger partial charge in [-0.1, -0.05) is 11.6 Å². The summed E-state index contributed by atoms with van der Waals surface area (Å²) >= 11 is 6.07. The van der Waals surface area contributed by atoms with Crippen molar-refractivity contribution in [2.45, 2.75) is 6.61 Å². The van der Waals surface area contributed by atoms with Crippen molar-refractivity contribution in [2.24, 2.45) is 0 Å². The lowest BCUT2D eigenvalue weighted by Gasteiger charge is -2.10. The largest absolute Gasteiger partial charge is 0.495 e. The van der Waals surface area contributed by atoms with E-state index in [2.05, 4.69) is 15.3 Å². The standard InChI is InChI=1S/C13H15ClN4O2/c1-19-7-13-17-11(15)6-12(18-13)16-8-3-4-10(20-2)9(14)5-8/h3-6H,7H2,1-2H3,(H3,15,16,17,18). The molecule has 0 radical (unpaired) electrons. The van der Waals surface area contributed by atoms with E-state index in [0.717, 1.165) is 5.69 Å². The maximum absolute atomic E-state index is 6.07. The van der Waals surface area contributed by atoms with Crippen LogP contribution >= 0.6 is 11.6 Å². The van der Waals surface area contributed by atoms with Crippen LogP contribution in [0.25, 0.3) is 0 Å². The molecular formula is C13H15ClN4O2. The van der Waals surface area contributed by atoms with Crippen molar-refractivity contribution >= 4 is 28.9 Å². The summed E-state index contributed by atoms with van der Waals surface area (Å²) < 4.78 is 10.1. The summed E-state index contributed by atoms with van der Waals surface area (Å²) in [5.41, 5.74) is 6.50. The molecule has 2 rings (SSSR count). The van der Waals surface area contributed by atoms with Crippen LogP contribution in [0.3, 0.4) is 0 Å². The lowest BCUT2D eigenvalue weighted by molar-refractivity contribution is 0.178. The molecule has 0 aliphatic rings. The summed E-state index contributed by atoms with van der Waals surface area (Å²) in [6, 6.07) is 6.98. The van der Waals surface area contributed by atoms with Gasteiger partial charge in [0, 0.05) is 18.9 Å². The van der Waals surface area contributed by atoms with Crippen molar-refractivity contribution in [1.29, 1.82) is 0 Å². The van der Waals surface area contributed by atoms with Crippen LogP contribution in [0.2, 0.25) is 5.02 Å². The Hall–Kier alpha value is -2.05. The van der Waals surface area contributed by atoms with E-state index in [1.165, 1.54) is 0 Å². The number of aromatic nitrogens is 2. The Morgan fingerprint density at radius 1 is 1.25 bits per heavy atom. The van der Waals surface area contributed by atoms with Gasteiger partial charge in [-0.05, 0) is 18.2 Å². The van der Waals surface area contributed by atoms with Crippen molar-refractivity contribution in [3.63, 3.8) is 0 Å². The molecule has 1 heterocycles. The predicted molar refractivity (Wildman–Crippen MR) is 78.4 cm³/mol. The van der Waals surface area contributed by atoms with Gasteiger partial charge >= 0.3 is 0 Å². The zero-order valence-electron chi connectivity index (χ0n) is 11.2. The van der Waals surface area contributed by atoms with Crippen LogP contribution in [0.15, 0.2) is 24.3 Å². The number of nitrogens with one attached hydrogen (secondary N) is 1. The fraction of sp³-hybridized carbons (Fsp3) is 0.231. The first-order chi connectivity index (χ1) is 9.62. The molecule has 2 aromatic rings. The van der Waals surface area contributed by atoms with Crippen LogP contribution in [-0.2, 0) is 11.3 Å². The maximum atomic E-state index is 6.07. The zero-order chi connectivity index (χ0) is 14.5. The van der Waals surface area contributed by atoms with E-state index >= 15 is 0 Å². The molecule has 6 nitrogen and oxygen atoms in total. The summed E-state index contributed by atoms with van der Waals surface area (Å²) in [5, 5.41) is 3.62. The highest BCUT2D eigenvalue weighted by Crippen LogP contribution is 2.28. The first-order valence-corrected chi connectivity index (χ1v) is 6.23. The molecule has 106 valence electrons. The van der Waals surface area contributed by atoms with Crippen molar-refractivity contribution < 1.29 is 9.47 Å². The molecule has 20 heavy (non-hydrogen) atoms. The van der Waals surface area contributed by atoms with Crippen LogP contribution in [0, 0.1) is 0 Å². The summed E-state index contributed by atoms with van der Waals surface area (Å²) in [4.78, 5) is 8.36. The van der Waals surface area contributed by atoms with Gasteiger partial charge in [0.25, 0.3) is 0 Å². The van der Waals surface area contributed by atoms with Gasteiger partial charge in [-0.3, -0.25) is 0 Å². The number of hydrogen-bond acceptors (Lipinski definition) is 6. The number of rotatable bonds is 5. The van der Waals surface area contributed by atoms with Gasteiger partial charge in [0.05, 0.1) is 12.1 Å². The smallest absolute Gasteiger partial charge is 0.158 e. The molecule has 1 aromatic carbocycles. The predicted octanol–water partition coefficient (Wildman–Crippen LogP) is 2.61. The van der Waals surface area contributed by atoms with Gasteiger partial charge in [-0.15, -0.1) is 0 Å². The lowest BCUT2D eigenvalue weighted by Crippen LogP contribution is -2.04. The highest BCUT2D eigenvalue weighted by molar-refractivity contribution is 6.32. The average molecular weight is 295 g/mol. The number of anilines is 3. The van der Waals surface area contributed by atoms with Crippen molar-refractivity contribution in [3.8, 4) is 5.75 Å². The number of nitrogens with two attached hydrogens (primary N) is 1. The Bertz CT molecular complexity index is 607. The molecule has 0 amide bonds. The quantitative estimate of drug-likeness (QED) is 0.882. The van der Waals surface area contributed by atoms with Crippen molar-refractivity contribution in [1.82, 2.24) is 9.97 Å². The van der Waals surface area contributed by atoms with Gasteiger partial charge in [-0.2, -0.15) is 0 Å². The molecule has 0 fully saturated rings. The molecule has 1 aromatic heterocycles. The molecule has 0 aliphatic heterocycles. The molecule has 0 unspecified atom stereocenters. The number of nitrogen functional groups attached to an aromatic ring is 1. The molecule has 7 heteroatoms. The normalized spacial score (nSPS) is 10.3. The van der Waals surface area contributed by atoms with Crippen LogP contribution in [0.1, 0.15) is 5.82 Å². The average Bonchev–Trinajstić information content (AvgIpc) is 2.38. The second-order valence-electron chi connectivity index (χ2n) is 4.00. The van der Waals surface area contributed by atoms with Gasteiger partial charge < -0.3 is 20.5 Å². The number of nitrogens with zero attached hydrogens (tertiary/aromatic N) is 2. The highest BCUT2D eigenvalue weighted by Gasteiger charge is 2.05. The molecule has 0 atom stereocenters. The zero-order valence-corrected chi connectivity index (χ0v) is 11.9. The molecule has 0 aliphatic carbocycles. The van der Waals surface area contributed by atoms with E-state index < -0.39 is 0 Å². The second-order valence-corrected chi connectivity index (χ2v) is 4.41. The van der Waals surface area contributed by atoms with Crippen LogP contribution in [0.4, 0.5) is 17.3 Å². The van der Waals surface area contributed by atoms with E-state index in [0.29, 0.717) is 34.8 Å². The lowest BCUT2D eigenvalue weighted by atomic mass is 10.3. The van der Waals surface area contributed by atoms with Gasteiger partial charge in [0.2, 0.25) is 0 Å². The Kier molecular flexibility index (Phi) is 4.60. The minimum absolute atomic E-state index is 0.295. The van der Waals surface area contributed by atoms with E-state index in [1.54, 1.807) is 32.4 Å². The van der Waals surface area contributed by atoms with Crippen LogP contribution in [-0.4, -0.2) is 24.2 Å². The molecule has 0 saturated heterocycles. The Balaban J connectivity index is 2.23. The first-order valence-electron chi connectivity index (χ1n) is 5.85. The maximum Gasteiger partial charge on any atom is 0.158 e. The fourth-order valence-electron chi connectivity index (χ4n) is 1.67. The third-order valence-electron chi connectivity index (χ3n) is 2.49. The number of hydrogen-bond donors (Lipinski definition) is 2. The molecule has 0 saturated carbocycles. The second kappa shape index (κ2) is 6.40. The highest BCUT2D eigenvalue weighted by atomic mass is 35.5. The van der Waals surface area contributed by atoms with E-state index in [-0.39, 0.29) is 0 Å². The monoisotopic (exact) mass is 294 g/mol. The number of halogens is 1. The van der Waals surface area contributed by atoms with Gasteiger partial charge in [0.15, 0.2) is 5.82 Å². The van der Waals surface area contributed by atoms with E-state index in [4.69, 9.17) is 26.8 Å². The molecule has 3 N–H and O–H groups in total. The van der Waals surface area contributed by atoms with Crippen LogP contribution in [0.5, 0.6) is 5.75 Å². The SMILES string of the molecule is COCc1nc(N)cc(Nc2ccc(OC)c(Cl)c2)n1. The third-order valence-corrected chi connectivity index (χ3v) is 2.79.